The number of primary sulfonamides is 1. The molecule has 2 aromatic rings. The highest BCUT2D eigenvalue weighted by molar-refractivity contribution is 7.89. The molecule has 1 amide bonds. The van der Waals surface area contributed by atoms with E-state index in [-0.39, 0.29) is 10.8 Å². The highest BCUT2D eigenvalue weighted by Crippen LogP contribution is 2.35. The van der Waals surface area contributed by atoms with Crippen molar-refractivity contribution in [2.45, 2.75) is 61.7 Å². The number of nitrogens with zero attached hydrogens (tertiary/aromatic N) is 2. The topological polar surface area (TPSA) is 136 Å². The second-order valence-electron chi connectivity index (χ2n) is 7.94. The van der Waals surface area contributed by atoms with E-state index < -0.39 is 40.9 Å². The summed E-state index contributed by atoms with van der Waals surface area (Å²) < 4.78 is 65.0. The van der Waals surface area contributed by atoms with E-state index in [0.717, 1.165) is 12.0 Å². The van der Waals surface area contributed by atoms with Gasteiger partial charge in [0.1, 0.15) is 6.10 Å². The van der Waals surface area contributed by atoms with Gasteiger partial charge in [0, 0.05) is 24.1 Å². The number of sulfonamides is 1. The summed E-state index contributed by atoms with van der Waals surface area (Å²) in [7, 11) is -3.77. The Labute approximate surface area is 189 Å². The van der Waals surface area contributed by atoms with Crippen molar-refractivity contribution in [1.82, 2.24) is 15.3 Å². The number of nitrogens with two attached hydrogens (primary N) is 1. The van der Waals surface area contributed by atoms with Gasteiger partial charge >= 0.3 is 12.3 Å². The van der Waals surface area contributed by atoms with Crippen molar-refractivity contribution in [3.05, 3.63) is 42.2 Å². The summed E-state index contributed by atoms with van der Waals surface area (Å²) in [5.74, 6) is 0.365. The molecule has 1 aliphatic carbocycles. The number of rotatable bonds is 7. The van der Waals surface area contributed by atoms with E-state index in [1.54, 1.807) is 12.4 Å². The second kappa shape index (κ2) is 9.91. The fraction of sp³-hybridized carbons (Fsp3) is 0.450. The summed E-state index contributed by atoms with van der Waals surface area (Å²) in [6.07, 6.45) is -1.62. The third-order valence-electron chi connectivity index (χ3n) is 5.14. The average Bonchev–Trinajstić information content (AvgIpc) is 3.15. The summed E-state index contributed by atoms with van der Waals surface area (Å²) >= 11 is 0. The first-order valence-electron chi connectivity index (χ1n) is 10.1. The molecule has 1 aromatic heterocycles. The number of ether oxygens (including phenoxy) is 1. The minimum atomic E-state index is -4.36. The van der Waals surface area contributed by atoms with Gasteiger partial charge in [-0.05, 0) is 61.9 Å². The Bertz CT molecular complexity index is 1060. The molecule has 9 nitrogen and oxygen atoms in total. The van der Waals surface area contributed by atoms with Gasteiger partial charge < -0.3 is 15.4 Å². The maximum Gasteiger partial charge on any atom is 0.407 e. The average molecular weight is 488 g/mol. The number of hydrogen-bond acceptors (Lipinski definition) is 7. The zero-order valence-electron chi connectivity index (χ0n) is 17.7. The molecule has 33 heavy (non-hydrogen) atoms. The molecular weight excluding hydrogens is 463 g/mol. The molecule has 0 bridgehead atoms. The Kier molecular flexibility index (Phi) is 7.42. The van der Waals surface area contributed by atoms with Crippen LogP contribution >= 0.6 is 0 Å². The number of alkyl halides is 3. The summed E-state index contributed by atoms with van der Waals surface area (Å²) in [5.41, 5.74) is 1.43. The minimum absolute atomic E-state index is 0.00851. The first-order valence-corrected chi connectivity index (χ1v) is 11.7. The van der Waals surface area contributed by atoms with Crippen molar-refractivity contribution in [1.29, 1.82) is 0 Å². The lowest BCUT2D eigenvalue weighted by Crippen LogP contribution is -2.37. The molecule has 4 N–H and O–H groups in total. The molecule has 1 heterocycles. The van der Waals surface area contributed by atoms with Gasteiger partial charge in [0.15, 0.2) is 0 Å². The molecule has 1 fully saturated rings. The second-order valence-corrected chi connectivity index (χ2v) is 9.50. The Morgan fingerprint density at radius 2 is 1.85 bits per heavy atom. The van der Waals surface area contributed by atoms with Crippen LogP contribution in [0, 0.1) is 0 Å². The number of carbonyl (C=O) groups is 1. The predicted octanol–water partition coefficient (Wildman–Crippen LogP) is 3.57. The van der Waals surface area contributed by atoms with Gasteiger partial charge in [-0.25, -0.2) is 28.3 Å². The fourth-order valence-corrected chi connectivity index (χ4v) is 4.12. The van der Waals surface area contributed by atoms with Gasteiger partial charge in [-0.3, -0.25) is 0 Å². The van der Waals surface area contributed by atoms with Crippen LogP contribution in [0.4, 0.5) is 29.6 Å². The summed E-state index contributed by atoms with van der Waals surface area (Å²) in [6.45, 7) is 1.27. The van der Waals surface area contributed by atoms with Gasteiger partial charge in [-0.1, -0.05) is 0 Å². The third-order valence-corrected chi connectivity index (χ3v) is 6.07. The van der Waals surface area contributed by atoms with Crippen molar-refractivity contribution in [2.24, 2.45) is 5.14 Å². The number of amides is 1. The van der Waals surface area contributed by atoms with Gasteiger partial charge in [-0.2, -0.15) is 13.2 Å². The molecule has 3 atom stereocenters. The standard InChI is InChI=1S/C20H24F3N5O4S/c1-12(9-20(21,22)23)27-19(29)32-16-5-2-13(8-16)14-10-25-18(26-11-14)28-15-3-6-17(7-4-15)33(24,30)31/h3-4,6-7,10-13,16H,2,5,8-9H2,1H3,(H,27,29)(H2,24,30,31)(H,25,26,28)/t12-,13+,16-/m0/s1. The normalized spacial score (nSPS) is 19.7. The molecule has 0 unspecified atom stereocenters. The maximum atomic E-state index is 12.4. The highest BCUT2D eigenvalue weighted by atomic mass is 32.2. The SMILES string of the molecule is C[C@@H](CC(F)(F)F)NC(=O)O[C@H]1CC[C@@H](c2cnc(Nc3ccc(S(N)(=O)=O)cc3)nc2)C1. The van der Waals surface area contributed by atoms with E-state index in [2.05, 4.69) is 20.6 Å². The van der Waals surface area contributed by atoms with E-state index >= 15 is 0 Å². The number of aromatic nitrogens is 2. The van der Waals surface area contributed by atoms with Crippen LogP contribution in [0.1, 0.15) is 44.1 Å². The molecule has 0 aliphatic heterocycles. The number of nitrogens with one attached hydrogen (secondary N) is 2. The molecule has 3 rings (SSSR count). The van der Waals surface area contributed by atoms with E-state index in [9.17, 15) is 26.4 Å². The molecule has 0 saturated heterocycles. The zero-order chi connectivity index (χ0) is 24.2. The largest absolute Gasteiger partial charge is 0.446 e. The lowest BCUT2D eigenvalue weighted by molar-refractivity contribution is -0.138. The van der Waals surface area contributed by atoms with Crippen molar-refractivity contribution in [3.63, 3.8) is 0 Å². The quantitative estimate of drug-likeness (QED) is 0.543. The van der Waals surface area contributed by atoms with Gasteiger partial charge in [0.05, 0.1) is 11.3 Å². The van der Waals surface area contributed by atoms with E-state index in [1.165, 1.54) is 31.2 Å². The Morgan fingerprint density at radius 3 is 2.42 bits per heavy atom. The lowest BCUT2D eigenvalue weighted by atomic mass is 10.0. The van der Waals surface area contributed by atoms with Crippen LogP contribution < -0.4 is 15.8 Å². The van der Waals surface area contributed by atoms with Gasteiger partial charge in [0.2, 0.25) is 16.0 Å². The van der Waals surface area contributed by atoms with E-state index in [1.807, 2.05) is 0 Å². The van der Waals surface area contributed by atoms with Crippen LogP contribution in [-0.4, -0.2) is 42.8 Å². The third kappa shape index (κ3) is 7.56. The predicted molar refractivity (Wildman–Crippen MR) is 113 cm³/mol. The van der Waals surface area contributed by atoms with Gasteiger partial charge in [-0.15, -0.1) is 0 Å². The van der Waals surface area contributed by atoms with Crippen LogP contribution in [-0.2, 0) is 14.8 Å². The van der Waals surface area contributed by atoms with Crippen molar-refractivity contribution < 1.29 is 31.1 Å². The molecule has 0 spiro atoms. The van der Waals surface area contributed by atoms with Crippen LogP contribution in [0.25, 0.3) is 0 Å². The molecule has 1 saturated carbocycles. The number of halogens is 3. The van der Waals surface area contributed by atoms with Crippen LogP contribution in [0.3, 0.4) is 0 Å². The summed E-state index contributed by atoms with van der Waals surface area (Å²) in [5, 5.41) is 10.2. The number of benzene rings is 1. The number of alkyl carbamates (subject to hydrolysis) is 1. The maximum absolute atomic E-state index is 12.4. The lowest BCUT2D eigenvalue weighted by Gasteiger charge is -2.18. The first kappa shape index (κ1) is 24.7. The van der Waals surface area contributed by atoms with E-state index in [4.69, 9.17) is 9.88 Å². The van der Waals surface area contributed by atoms with Crippen molar-refractivity contribution in [3.8, 4) is 0 Å². The molecule has 13 heteroatoms. The minimum Gasteiger partial charge on any atom is -0.446 e. The molecular formula is C20H24F3N5O4S. The monoisotopic (exact) mass is 487 g/mol. The Balaban J connectivity index is 1.50. The number of hydrogen-bond donors (Lipinski definition) is 3. The van der Waals surface area contributed by atoms with Gasteiger partial charge in [0.25, 0.3) is 0 Å². The highest BCUT2D eigenvalue weighted by Gasteiger charge is 2.32. The summed E-state index contributed by atoms with van der Waals surface area (Å²) in [4.78, 5) is 20.4. The van der Waals surface area contributed by atoms with Crippen molar-refractivity contribution >= 4 is 27.8 Å². The fourth-order valence-electron chi connectivity index (χ4n) is 3.61. The number of carbonyl (C=O) groups excluding carboxylic acids is 1. The Morgan fingerprint density at radius 1 is 1.21 bits per heavy atom. The van der Waals surface area contributed by atoms with Crippen LogP contribution in [0.5, 0.6) is 0 Å². The molecule has 1 aromatic carbocycles. The zero-order valence-corrected chi connectivity index (χ0v) is 18.5. The smallest absolute Gasteiger partial charge is 0.407 e. The molecule has 0 radical (unpaired) electrons. The number of anilines is 2. The van der Waals surface area contributed by atoms with Crippen molar-refractivity contribution in [2.75, 3.05) is 5.32 Å². The van der Waals surface area contributed by atoms with E-state index in [0.29, 0.717) is 24.5 Å². The van der Waals surface area contributed by atoms with Crippen LogP contribution in [0.2, 0.25) is 0 Å². The Hall–Kier alpha value is -2.93. The molecule has 1 aliphatic rings. The molecule has 180 valence electrons. The first-order chi connectivity index (χ1) is 15.4. The van der Waals surface area contributed by atoms with Crippen LogP contribution in [0.15, 0.2) is 41.6 Å². The summed E-state index contributed by atoms with van der Waals surface area (Å²) in [6, 6.07) is 4.74.